The highest BCUT2D eigenvalue weighted by Crippen LogP contribution is 2.30. The topological polar surface area (TPSA) is 100 Å². The van der Waals surface area contributed by atoms with Gasteiger partial charge in [-0.25, -0.2) is 9.59 Å². The van der Waals surface area contributed by atoms with Crippen molar-refractivity contribution in [2.45, 2.75) is 33.0 Å². The number of hydrogen-bond donors (Lipinski definition) is 1. The van der Waals surface area contributed by atoms with Gasteiger partial charge < -0.3 is 24.3 Å². The van der Waals surface area contributed by atoms with Gasteiger partial charge in [-0.1, -0.05) is 36.4 Å². The normalized spacial score (nSPS) is 14.7. The Balaban J connectivity index is 1.62. The van der Waals surface area contributed by atoms with Crippen molar-refractivity contribution in [3.8, 4) is 11.5 Å². The SMILES string of the molecule is CCOc1cc(C=C2C(=O)OC(C)(C)OC2=O)ccc1OCC(=O)NCCc1ccccc1. The minimum atomic E-state index is -1.30. The lowest BCUT2D eigenvalue weighted by atomic mass is 10.1. The number of hydrogen-bond acceptors (Lipinski definition) is 7. The van der Waals surface area contributed by atoms with Gasteiger partial charge >= 0.3 is 11.9 Å². The second-order valence-corrected chi connectivity index (χ2v) is 7.75. The third kappa shape index (κ3) is 6.83. The molecule has 1 saturated heterocycles. The van der Waals surface area contributed by atoms with Crippen molar-refractivity contribution in [1.29, 1.82) is 0 Å². The molecule has 3 rings (SSSR count). The number of ether oxygens (including phenoxy) is 4. The van der Waals surface area contributed by atoms with Crippen LogP contribution in [0.5, 0.6) is 11.5 Å². The Morgan fingerprint density at radius 3 is 2.36 bits per heavy atom. The van der Waals surface area contributed by atoms with Crippen LogP contribution in [0.15, 0.2) is 54.1 Å². The molecule has 2 aromatic carbocycles. The zero-order valence-electron chi connectivity index (χ0n) is 18.9. The van der Waals surface area contributed by atoms with Crippen LogP contribution in [-0.2, 0) is 30.3 Å². The maximum Gasteiger partial charge on any atom is 0.348 e. The summed E-state index contributed by atoms with van der Waals surface area (Å²) in [5.74, 6) is -2.34. The van der Waals surface area contributed by atoms with E-state index in [9.17, 15) is 14.4 Å². The second kappa shape index (κ2) is 10.7. The lowest BCUT2D eigenvalue weighted by Crippen LogP contribution is -2.41. The van der Waals surface area contributed by atoms with Gasteiger partial charge in [0.25, 0.3) is 11.7 Å². The van der Waals surface area contributed by atoms with E-state index < -0.39 is 17.7 Å². The monoisotopic (exact) mass is 453 g/mol. The fourth-order valence-electron chi connectivity index (χ4n) is 3.13. The van der Waals surface area contributed by atoms with Gasteiger partial charge in [0, 0.05) is 20.4 Å². The second-order valence-electron chi connectivity index (χ2n) is 7.75. The van der Waals surface area contributed by atoms with E-state index in [1.54, 1.807) is 18.2 Å². The van der Waals surface area contributed by atoms with Crippen molar-refractivity contribution in [1.82, 2.24) is 5.32 Å². The first kappa shape index (κ1) is 23.8. The molecule has 0 aliphatic carbocycles. The number of amides is 1. The average molecular weight is 453 g/mol. The van der Waals surface area contributed by atoms with Crippen LogP contribution in [0.1, 0.15) is 31.9 Å². The Morgan fingerprint density at radius 2 is 1.70 bits per heavy atom. The van der Waals surface area contributed by atoms with Crippen LogP contribution in [0.25, 0.3) is 6.08 Å². The molecule has 1 fully saturated rings. The number of carbonyl (C=O) groups is 3. The summed E-state index contributed by atoms with van der Waals surface area (Å²) in [7, 11) is 0. The van der Waals surface area contributed by atoms with Crippen LogP contribution in [-0.4, -0.2) is 43.4 Å². The van der Waals surface area contributed by atoms with Gasteiger partial charge in [0.15, 0.2) is 18.1 Å². The molecule has 33 heavy (non-hydrogen) atoms. The largest absolute Gasteiger partial charge is 0.490 e. The lowest BCUT2D eigenvalue weighted by molar-refractivity contribution is -0.222. The van der Waals surface area contributed by atoms with Crippen molar-refractivity contribution in [3.63, 3.8) is 0 Å². The summed E-state index contributed by atoms with van der Waals surface area (Å²) >= 11 is 0. The van der Waals surface area contributed by atoms with Gasteiger partial charge in [-0.3, -0.25) is 4.79 Å². The average Bonchev–Trinajstić information content (AvgIpc) is 2.76. The minimum absolute atomic E-state index is 0.178. The molecule has 8 nitrogen and oxygen atoms in total. The maximum absolute atomic E-state index is 12.2. The van der Waals surface area contributed by atoms with Crippen molar-refractivity contribution in [2.24, 2.45) is 0 Å². The van der Waals surface area contributed by atoms with Gasteiger partial charge in [-0.15, -0.1) is 0 Å². The predicted molar refractivity (Wildman–Crippen MR) is 121 cm³/mol. The number of nitrogens with one attached hydrogen (secondary N) is 1. The molecule has 0 aromatic heterocycles. The summed E-state index contributed by atoms with van der Waals surface area (Å²) in [6, 6.07) is 14.7. The van der Waals surface area contributed by atoms with Crippen LogP contribution in [0.2, 0.25) is 0 Å². The zero-order chi connectivity index (χ0) is 23.8. The number of carbonyl (C=O) groups excluding carboxylic acids is 3. The van der Waals surface area contributed by atoms with E-state index in [0.29, 0.717) is 30.2 Å². The van der Waals surface area contributed by atoms with Gasteiger partial charge in [0.05, 0.1) is 6.61 Å². The highest BCUT2D eigenvalue weighted by atomic mass is 16.7. The first-order valence-electron chi connectivity index (χ1n) is 10.7. The summed E-state index contributed by atoms with van der Waals surface area (Å²) in [4.78, 5) is 36.5. The van der Waals surface area contributed by atoms with Crippen molar-refractivity contribution in [2.75, 3.05) is 19.8 Å². The first-order valence-corrected chi connectivity index (χ1v) is 10.7. The Morgan fingerprint density at radius 1 is 1.00 bits per heavy atom. The summed E-state index contributed by atoms with van der Waals surface area (Å²) < 4.78 is 21.4. The molecular formula is C25H27NO7. The Bertz CT molecular complexity index is 1020. The van der Waals surface area contributed by atoms with Gasteiger partial charge in [0.1, 0.15) is 5.57 Å². The summed E-state index contributed by atoms with van der Waals surface area (Å²) in [6.45, 7) is 5.46. The van der Waals surface area contributed by atoms with Crippen LogP contribution in [0, 0.1) is 0 Å². The van der Waals surface area contributed by atoms with E-state index >= 15 is 0 Å². The van der Waals surface area contributed by atoms with Crippen LogP contribution < -0.4 is 14.8 Å². The quantitative estimate of drug-likeness (QED) is 0.354. The van der Waals surface area contributed by atoms with Crippen LogP contribution in [0.3, 0.4) is 0 Å². The van der Waals surface area contributed by atoms with Crippen LogP contribution in [0.4, 0.5) is 0 Å². The highest BCUT2D eigenvalue weighted by Gasteiger charge is 2.38. The fourth-order valence-corrected chi connectivity index (χ4v) is 3.13. The molecule has 1 amide bonds. The van der Waals surface area contributed by atoms with E-state index in [1.807, 2.05) is 37.3 Å². The third-order valence-corrected chi connectivity index (χ3v) is 4.63. The summed E-state index contributed by atoms with van der Waals surface area (Å²) in [5, 5.41) is 2.82. The molecule has 2 aromatic rings. The Kier molecular flexibility index (Phi) is 7.71. The van der Waals surface area contributed by atoms with Crippen molar-refractivity contribution >= 4 is 23.9 Å². The van der Waals surface area contributed by atoms with Crippen molar-refractivity contribution in [3.05, 3.63) is 65.2 Å². The molecule has 0 unspecified atom stereocenters. The molecule has 8 heteroatoms. The molecule has 0 spiro atoms. The van der Waals surface area contributed by atoms with Gasteiger partial charge in [-0.05, 0) is 42.7 Å². The van der Waals surface area contributed by atoms with Gasteiger partial charge in [0.2, 0.25) is 0 Å². The zero-order valence-corrected chi connectivity index (χ0v) is 18.9. The molecule has 1 aliphatic rings. The third-order valence-electron chi connectivity index (χ3n) is 4.63. The molecule has 1 aliphatic heterocycles. The lowest BCUT2D eigenvalue weighted by Gasteiger charge is -2.29. The number of cyclic esters (lactones) is 2. The summed E-state index contributed by atoms with van der Waals surface area (Å²) in [6.07, 6.45) is 2.09. The summed E-state index contributed by atoms with van der Waals surface area (Å²) in [5.41, 5.74) is 1.43. The predicted octanol–water partition coefficient (Wildman–Crippen LogP) is 3.04. The standard InChI is InChI=1S/C25H27NO7/c1-4-30-21-15-18(14-19-23(28)32-25(2,3)33-24(19)29)10-11-20(21)31-16-22(27)26-13-12-17-8-6-5-7-9-17/h5-11,14-15H,4,12-13,16H2,1-3H3,(H,26,27). The van der Waals surface area contributed by atoms with Gasteiger partial charge in [-0.2, -0.15) is 0 Å². The van der Waals surface area contributed by atoms with E-state index in [2.05, 4.69) is 5.32 Å². The maximum atomic E-state index is 12.2. The Labute approximate surface area is 192 Å². The molecule has 0 radical (unpaired) electrons. The Hall–Kier alpha value is -3.81. The molecule has 0 atom stereocenters. The number of rotatable bonds is 9. The fraction of sp³-hybridized carbons (Fsp3) is 0.320. The van der Waals surface area contributed by atoms with E-state index in [-0.39, 0.29) is 18.1 Å². The molecule has 1 N–H and O–H groups in total. The first-order chi connectivity index (χ1) is 15.8. The number of esters is 2. The molecule has 1 heterocycles. The molecular weight excluding hydrogens is 426 g/mol. The molecule has 0 saturated carbocycles. The molecule has 174 valence electrons. The van der Waals surface area contributed by atoms with Crippen molar-refractivity contribution < 1.29 is 33.3 Å². The van der Waals surface area contributed by atoms with E-state index in [4.69, 9.17) is 18.9 Å². The smallest absolute Gasteiger partial charge is 0.348 e. The van der Waals surface area contributed by atoms with E-state index in [1.165, 1.54) is 19.9 Å². The van der Waals surface area contributed by atoms with Crippen LogP contribution >= 0.6 is 0 Å². The number of benzene rings is 2. The minimum Gasteiger partial charge on any atom is -0.490 e. The molecule has 0 bridgehead atoms. The highest BCUT2D eigenvalue weighted by molar-refractivity contribution is 6.18. The van der Waals surface area contributed by atoms with E-state index in [0.717, 1.165) is 12.0 Å².